The lowest BCUT2D eigenvalue weighted by atomic mass is 10.1. The standard InChI is InChI=1S/C19H36N2O/c1-3-4-5-6-7-8-9-10-11-12-13-14-15-19-20-16-17-21(19)18(2)22/h13-14,16-20,22H,3-12,15H2,1-2H3/b14-13+. The number of nitrogens with zero attached hydrogens (tertiary/aromatic N) is 1. The number of nitrogens with one attached hydrogen (secondary N) is 1. The molecule has 0 aromatic carbocycles. The maximum Gasteiger partial charge on any atom is 0.125 e. The normalized spacial score (nSPS) is 19.0. The molecule has 0 spiro atoms. The zero-order chi connectivity index (χ0) is 16.0. The number of hydrogen-bond donors (Lipinski definition) is 2. The molecular weight excluding hydrogens is 272 g/mol. The summed E-state index contributed by atoms with van der Waals surface area (Å²) in [6.45, 7) is 4.07. The highest BCUT2D eigenvalue weighted by Gasteiger charge is 2.20. The second-order valence-corrected chi connectivity index (χ2v) is 6.40. The highest BCUT2D eigenvalue weighted by molar-refractivity contribution is 4.98. The van der Waals surface area contributed by atoms with Gasteiger partial charge < -0.3 is 15.3 Å². The van der Waals surface area contributed by atoms with Gasteiger partial charge in [0, 0.05) is 18.8 Å². The maximum atomic E-state index is 9.62. The van der Waals surface area contributed by atoms with Gasteiger partial charge in [-0.3, -0.25) is 0 Å². The average molecular weight is 309 g/mol. The van der Waals surface area contributed by atoms with Crippen LogP contribution in [0.4, 0.5) is 0 Å². The minimum atomic E-state index is -0.429. The Balaban J connectivity index is 1.90. The van der Waals surface area contributed by atoms with E-state index in [1.807, 2.05) is 17.3 Å². The molecule has 0 fully saturated rings. The molecule has 3 nitrogen and oxygen atoms in total. The Bertz CT molecular complexity index is 313. The second-order valence-electron chi connectivity index (χ2n) is 6.40. The van der Waals surface area contributed by atoms with Crippen LogP contribution in [-0.4, -0.2) is 22.4 Å². The van der Waals surface area contributed by atoms with Crippen LogP contribution in [0.5, 0.6) is 0 Å². The van der Waals surface area contributed by atoms with Crippen molar-refractivity contribution >= 4 is 0 Å². The van der Waals surface area contributed by atoms with Crippen molar-refractivity contribution in [2.24, 2.45) is 0 Å². The van der Waals surface area contributed by atoms with E-state index in [1.54, 1.807) is 6.92 Å². The molecule has 0 saturated carbocycles. The molecule has 0 amide bonds. The van der Waals surface area contributed by atoms with Crippen LogP contribution in [0, 0.1) is 0 Å². The van der Waals surface area contributed by atoms with E-state index in [0.717, 1.165) is 6.42 Å². The highest BCUT2D eigenvalue weighted by atomic mass is 16.3. The van der Waals surface area contributed by atoms with Crippen molar-refractivity contribution in [2.75, 3.05) is 0 Å². The van der Waals surface area contributed by atoms with Crippen LogP contribution in [-0.2, 0) is 0 Å². The summed E-state index contributed by atoms with van der Waals surface area (Å²) in [6.07, 6.45) is 22.8. The Morgan fingerprint density at radius 1 is 1.05 bits per heavy atom. The molecule has 2 N–H and O–H groups in total. The van der Waals surface area contributed by atoms with E-state index in [1.165, 1.54) is 64.2 Å². The van der Waals surface area contributed by atoms with Crippen LogP contribution >= 0.6 is 0 Å². The summed E-state index contributed by atoms with van der Waals surface area (Å²) < 4.78 is 0. The summed E-state index contributed by atoms with van der Waals surface area (Å²) in [7, 11) is 0. The summed E-state index contributed by atoms with van der Waals surface area (Å²) in [4.78, 5) is 1.95. The number of rotatable bonds is 13. The smallest absolute Gasteiger partial charge is 0.125 e. The van der Waals surface area contributed by atoms with Crippen molar-refractivity contribution in [3.63, 3.8) is 0 Å². The fourth-order valence-electron chi connectivity index (χ4n) is 2.92. The predicted octanol–water partition coefficient (Wildman–Crippen LogP) is 4.89. The monoisotopic (exact) mass is 308 g/mol. The van der Waals surface area contributed by atoms with Gasteiger partial charge in [0.1, 0.15) is 12.4 Å². The zero-order valence-electron chi connectivity index (χ0n) is 14.6. The van der Waals surface area contributed by atoms with Gasteiger partial charge in [-0.25, -0.2) is 0 Å². The van der Waals surface area contributed by atoms with Crippen molar-refractivity contribution in [3.8, 4) is 0 Å². The molecule has 0 radical (unpaired) electrons. The van der Waals surface area contributed by atoms with Gasteiger partial charge in [-0.2, -0.15) is 0 Å². The SMILES string of the molecule is CCCCCCCCCCC/C=C/CC1NC=CN1C(C)O. The maximum absolute atomic E-state index is 9.62. The highest BCUT2D eigenvalue weighted by Crippen LogP contribution is 2.13. The summed E-state index contributed by atoms with van der Waals surface area (Å²) in [5, 5.41) is 12.9. The van der Waals surface area contributed by atoms with E-state index < -0.39 is 6.23 Å². The number of allylic oxidation sites excluding steroid dienone is 1. The molecule has 128 valence electrons. The van der Waals surface area contributed by atoms with E-state index in [9.17, 15) is 5.11 Å². The van der Waals surface area contributed by atoms with Gasteiger partial charge in [0.15, 0.2) is 0 Å². The van der Waals surface area contributed by atoms with Gasteiger partial charge in [0.05, 0.1) is 0 Å². The van der Waals surface area contributed by atoms with Crippen LogP contribution in [0.1, 0.15) is 84.5 Å². The first-order valence-electron chi connectivity index (χ1n) is 9.29. The predicted molar refractivity (Wildman–Crippen MR) is 95.2 cm³/mol. The molecule has 0 aliphatic carbocycles. The first-order chi connectivity index (χ1) is 10.8. The van der Waals surface area contributed by atoms with Crippen LogP contribution in [0.15, 0.2) is 24.6 Å². The van der Waals surface area contributed by atoms with Crippen molar-refractivity contribution in [2.45, 2.75) is 96.9 Å². The van der Waals surface area contributed by atoms with Crippen LogP contribution in [0.25, 0.3) is 0 Å². The molecule has 0 aromatic rings. The molecule has 1 aliphatic heterocycles. The molecule has 0 bridgehead atoms. The van der Waals surface area contributed by atoms with Crippen molar-refractivity contribution in [3.05, 3.63) is 24.6 Å². The fourth-order valence-corrected chi connectivity index (χ4v) is 2.92. The number of aliphatic hydroxyl groups excluding tert-OH is 1. The summed E-state index contributed by atoms with van der Waals surface area (Å²) in [6, 6.07) is 0. The quantitative estimate of drug-likeness (QED) is 0.375. The van der Waals surface area contributed by atoms with Crippen LogP contribution < -0.4 is 5.32 Å². The fraction of sp³-hybridized carbons (Fsp3) is 0.789. The van der Waals surface area contributed by atoms with Gasteiger partial charge in [-0.15, -0.1) is 0 Å². The first-order valence-corrected chi connectivity index (χ1v) is 9.29. The Kier molecular flexibility index (Phi) is 10.9. The third-order valence-electron chi connectivity index (χ3n) is 4.33. The molecule has 3 heteroatoms. The lowest BCUT2D eigenvalue weighted by Crippen LogP contribution is -2.40. The largest absolute Gasteiger partial charge is 0.374 e. The van der Waals surface area contributed by atoms with Crippen LogP contribution in [0.3, 0.4) is 0 Å². The van der Waals surface area contributed by atoms with Crippen LogP contribution in [0.2, 0.25) is 0 Å². The zero-order valence-corrected chi connectivity index (χ0v) is 14.6. The minimum Gasteiger partial charge on any atom is -0.374 e. The lowest BCUT2D eigenvalue weighted by Gasteiger charge is -2.27. The summed E-state index contributed by atoms with van der Waals surface area (Å²) >= 11 is 0. The molecular formula is C19H36N2O. The van der Waals surface area contributed by atoms with Crippen molar-refractivity contribution < 1.29 is 5.11 Å². The molecule has 2 unspecified atom stereocenters. The van der Waals surface area contributed by atoms with Crippen molar-refractivity contribution in [1.29, 1.82) is 0 Å². The summed E-state index contributed by atoms with van der Waals surface area (Å²) in [5.74, 6) is 0. The van der Waals surface area contributed by atoms with E-state index in [2.05, 4.69) is 24.4 Å². The Morgan fingerprint density at radius 2 is 1.68 bits per heavy atom. The Labute approximate surface area is 137 Å². The first kappa shape index (κ1) is 19.1. The van der Waals surface area contributed by atoms with E-state index in [0.29, 0.717) is 0 Å². The molecule has 0 saturated heterocycles. The van der Waals surface area contributed by atoms with Gasteiger partial charge >= 0.3 is 0 Å². The van der Waals surface area contributed by atoms with Crippen molar-refractivity contribution in [1.82, 2.24) is 10.2 Å². The van der Waals surface area contributed by atoms with Gasteiger partial charge in [-0.1, -0.05) is 70.4 Å². The van der Waals surface area contributed by atoms with E-state index in [4.69, 9.17) is 0 Å². The third kappa shape index (κ3) is 8.47. The minimum absolute atomic E-state index is 0.208. The topological polar surface area (TPSA) is 35.5 Å². The molecule has 0 aromatic heterocycles. The number of hydrogen-bond acceptors (Lipinski definition) is 3. The van der Waals surface area contributed by atoms with Gasteiger partial charge in [0.2, 0.25) is 0 Å². The Morgan fingerprint density at radius 3 is 2.32 bits per heavy atom. The Hall–Kier alpha value is -0.960. The average Bonchev–Trinajstić information content (AvgIpc) is 2.97. The van der Waals surface area contributed by atoms with E-state index in [-0.39, 0.29) is 6.17 Å². The molecule has 1 rings (SSSR count). The molecule has 2 atom stereocenters. The van der Waals surface area contributed by atoms with Gasteiger partial charge in [0.25, 0.3) is 0 Å². The third-order valence-corrected chi connectivity index (χ3v) is 4.33. The number of aliphatic hydroxyl groups is 1. The molecule has 22 heavy (non-hydrogen) atoms. The second kappa shape index (κ2) is 12.6. The van der Waals surface area contributed by atoms with Gasteiger partial charge in [-0.05, 0) is 19.8 Å². The molecule has 1 aliphatic rings. The molecule has 1 heterocycles. The van der Waals surface area contributed by atoms with E-state index >= 15 is 0 Å². The lowest BCUT2D eigenvalue weighted by molar-refractivity contribution is 0.0293. The number of unbranched alkanes of at least 4 members (excludes halogenated alkanes) is 9. The summed E-state index contributed by atoms with van der Waals surface area (Å²) in [5.41, 5.74) is 0.